The minimum atomic E-state index is 0.619. The zero-order valence-corrected chi connectivity index (χ0v) is 10.1. The highest BCUT2D eigenvalue weighted by molar-refractivity contribution is 5.54. The van der Waals surface area contributed by atoms with Gasteiger partial charge in [0.05, 0.1) is 5.56 Å². The van der Waals surface area contributed by atoms with E-state index in [1.807, 2.05) is 32.9 Å². The summed E-state index contributed by atoms with van der Waals surface area (Å²) in [6.45, 7) is 11.4. The van der Waals surface area contributed by atoms with Crippen molar-refractivity contribution in [3.63, 3.8) is 0 Å². The van der Waals surface area contributed by atoms with Gasteiger partial charge in [-0.3, -0.25) is 0 Å². The molecule has 16 heavy (non-hydrogen) atoms. The molecule has 0 saturated heterocycles. The second kappa shape index (κ2) is 5.32. The molecule has 0 amide bonds. The van der Waals surface area contributed by atoms with Gasteiger partial charge in [-0.15, -0.1) is 0 Å². The van der Waals surface area contributed by atoms with Gasteiger partial charge < -0.3 is 4.90 Å². The number of aromatic nitrogens is 1. The fourth-order valence-corrected chi connectivity index (χ4v) is 1.53. The molecular weight excluding hydrogens is 198 g/mol. The molecule has 1 aromatic rings. The fourth-order valence-electron chi connectivity index (χ4n) is 1.53. The molecule has 0 spiro atoms. The van der Waals surface area contributed by atoms with Gasteiger partial charge in [0.2, 0.25) is 0 Å². The highest BCUT2D eigenvalue weighted by atomic mass is 15.2. The van der Waals surface area contributed by atoms with Gasteiger partial charge in [0, 0.05) is 18.8 Å². The monoisotopic (exact) mass is 215 g/mol. The largest absolute Gasteiger partial charge is 0.352 e. The molecule has 3 heteroatoms. The Bertz CT molecular complexity index is 429. The topological polar surface area (TPSA) is 39.9 Å². The standard InChI is InChI=1S/C13H17N3/c1-5-16(9-10(2)3)13-12(8-14)7-6-11(4)15-13/h6-7H,2,5,9H2,1,3-4H3. The number of likely N-dealkylation sites (N-methyl/N-ethyl adjacent to an activating group) is 1. The maximum Gasteiger partial charge on any atom is 0.147 e. The van der Waals surface area contributed by atoms with Gasteiger partial charge in [-0.1, -0.05) is 12.2 Å². The van der Waals surface area contributed by atoms with Crippen molar-refractivity contribution in [1.82, 2.24) is 4.98 Å². The molecule has 0 unspecified atom stereocenters. The van der Waals surface area contributed by atoms with Gasteiger partial charge in [0.1, 0.15) is 11.9 Å². The maximum absolute atomic E-state index is 9.05. The molecule has 1 rings (SSSR count). The van der Waals surface area contributed by atoms with Crippen LogP contribution in [0.3, 0.4) is 0 Å². The van der Waals surface area contributed by atoms with Gasteiger partial charge in [-0.25, -0.2) is 4.98 Å². The minimum absolute atomic E-state index is 0.619. The first-order valence-corrected chi connectivity index (χ1v) is 5.35. The number of nitrogens with zero attached hydrogens (tertiary/aromatic N) is 3. The average Bonchev–Trinajstić information content (AvgIpc) is 2.25. The van der Waals surface area contributed by atoms with Crippen molar-refractivity contribution in [2.75, 3.05) is 18.0 Å². The van der Waals surface area contributed by atoms with Crippen LogP contribution in [-0.2, 0) is 0 Å². The highest BCUT2D eigenvalue weighted by Crippen LogP contribution is 2.18. The predicted octanol–water partition coefficient (Wildman–Crippen LogP) is 2.66. The van der Waals surface area contributed by atoms with Crippen LogP contribution in [0, 0.1) is 18.3 Å². The third-order valence-electron chi connectivity index (χ3n) is 2.28. The number of pyridine rings is 1. The van der Waals surface area contributed by atoms with Crippen molar-refractivity contribution < 1.29 is 0 Å². The number of aryl methyl sites for hydroxylation is 1. The van der Waals surface area contributed by atoms with Crippen molar-refractivity contribution in [1.29, 1.82) is 5.26 Å². The van der Waals surface area contributed by atoms with E-state index >= 15 is 0 Å². The second-order valence-corrected chi connectivity index (χ2v) is 3.91. The molecule has 0 N–H and O–H groups in total. The molecule has 0 aliphatic heterocycles. The lowest BCUT2D eigenvalue weighted by atomic mass is 10.2. The zero-order valence-electron chi connectivity index (χ0n) is 10.1. The van der Waals surface area contributed by atoms with Crippen LogP contribution in [0.5, 0.6) is 0 Å². The lowest BCUT2D eigenvalue weighted by Gasteiger charge is -2.23. The van der Waals surface area contributed by atoms with Crippen LogP contribution in [0.25, 0.3) is 0 Å². The van der Waals surface area contributed by atoms with E-state index in [2.05, 4.69) is 22.5 Å². The Kier molecular flexibility index (Phi) is 4.07. The van der Waals surface area contributed by atoms with E-state index in [0.717, 1.165) is 30.2 Å². The molecule has 1 heterocycles. The summed E-state index contributed by atoms with van der Waals surface area (Å²) in [5, 5.41) is 9.05. The van der Waals surface area contributed by atoms with Crippen LogP contribution >= 0.6 is 0 Å². The predicted molar refractivity (Wildman–Crippen MR) is 66.4 cm³/mol. The molecule has 0 bridgehead atoms. The van der Waals surface area contributed by atoms with Crippen molar-refractivity contribution in [3.05, 3.63) is 35.5 Å². The molecule has 0 aromatic carbocycles. The maximum atomic E-state index is 9.05. The molecule has 0 aliphatic carbocycles. The summed E-state index contributed by atoms with van der Waals surface area (Å²) in [7, 11) is 0. The lowest BCUT2D eigenvalue weighted by molar-refractivity contribution is 0.853. The number of rotatable bonds is 4. The van der Waals surface area contributed by atoms with Crippen molar-refractivity contribution in [2.24, 2.45) is 0 Å². The third kappa shape index (κ3) is 2.83. The molecule has 0 atom stereocenters. The zero-order chi connectivity index (χ0) is 12.1. The van der Waals surface area contributed by atoms with E-state index in [1.165, 1.54) is 0 Å². The Hall–Kier alpha value is -1.82. The van der Waals surface area contributed by atoms with Crippen molar-refractivity contribution in [3.8, 4) is 6.07 Å². The second-order valence-electron chi connectivity index (χ2n) is 3.91. The molecule has 0 fully saturated rings. The van der Waals surface area contributed by atoms with Crippen LogP contribution in [0.15, 0.2) is 24.3 Å². The van der Waals surface area contributed by atoms with Crippen molar-refractivity contribution in [2.45, 2.75) is 20.8 Å². The minimum Gasteiger partial charge on any atom is -0.352 e. The van der Waals surface area contributed by atoms with E-state index in [-0.39, 0.29) is 0 Å². The molecule has 0 radical (unpaired) electrons. The van der Waals surface area contributed by atoms with E-state index < -0.39 is 0 Å². The number of hydrogen-bond donors (Lipinski definition) is 0. The molecule has 1 aromatic heterocycles. The van der Waals surface area contributed by atoms with Crippen LogP contribution in [0.1, 0.15) is 25.1 Å². The quantitative estimate of drug-likeness (QED) is 0.725. The van der Waals surface area contributed by atoms with Crippen LogP contribution in [0.4, 0.5) is 5.82 Å². The Morgan fingerprint density at radius 1 is 1.56 bits per heavy atom. The summed E-state index contributed by atoms with van der Waals surface area (Å²) in [6, 6.07) is 5.85. The smallest absolute Gasteiger partial charge is 0.147 e. The Balaban J connectivity index is 3.13. The van der Waals surface area contributed by atoms with Crippen LogP contribution in [0.2, 0.25) is 0 Å². The van der Waals surface area contributed by atoms with Crippen LogP contribution < -0.4 is 4.90 Å². The summed E-state index contributed by atoms with van der Waals surface area (Å²) in [5.41, 5.74) is 2.61. The molecule has 0 aliphatic rings. The van der Waals surface area contributed by atoms with Gasteiger partial charge in [0.15, 0.2) is 0 Å². The third-order valence-corrected chi connectivity index (χ3v) is 2.28. The highest BCUT2D eigenvalue weighted by Gasteiger charge is 2.11. The first-order valence-electron chi connectivity index (χ1n) is 5.35. The first-order chi connectivity index (χ1) is 7.58. The Morgan fingerprint density at radius 2 is 2.25 bits per heavy atom. The van der Waals surface area contributed by atoms with Gasteiger partial charge in [-0.05, 0) is 32.9 Å². The first kappa shape index (κ1) is 12.3. The fraction of sp³-hybridized carbons (Fsp3) is 0.385. The summed E-state index contributed by atoms with van der Waals surface area (Å²) in [4.78, 5) is 6.49. The van der Waals surface area contributed by atoms with Gasteiger partial charge in [0.25, 0.3) is 0 Å². The number of nitriles is 1. The summed E-state index contributed by atoms with van der Waals surface area (Å²) in [6.07, 6.45) is 0. The molecular formula is C13H17N3. The molecule has 84 valence electrons. The number of hydrogen-bond acceptors (Lipinski definition) is 3. The molecule has 0 saturated carbocycles. The van der Waals surface area contributed by atoms with Crippen molar-refractivity contribution >= 4 is 5.82 Å². The van der Waals surface area contributed by atoms with E-state index in [0.29, 0.717) is 5.56 Å². The van der Waals surface area contributed by atoms with Gasteiger partial charge in [-0.2, -0.15) is 5.26 Å². The van der Waals surface area contributed by atoms with E-state index in [4.69, 9.17) is 5.26 Å². The normalized spacial score (nSPS) is 9.62. The van der Waals surface area contributed by atoms with Crippen LogP contribution in [-0.4, -0.2) is 18.1 Å². The summed E-state index contributed by atoms with van der Waals surface area (Å²) >= 11 is 0. The Morgan fingerprint density at radius 3 is 2.75 bits per heavy atom. The lowest BCUT2D eigenvalue weighted by Crippen LogP contribution is -2.26. The van der Waals surface area contributed by atoms with E-state index in [9.17, 15) is 0 Å². The molecule has 3 nitrogen and oxygen atoms in total. The summed E-state index contributed by atoms with van der Waals surface area (Å²) in [5.74, 6) is 0.757. The number of anilines is 1. The summed E-state index contributed by atoms with van der Waals surface area (Å²) < 4.78 is 0. The average molecular weight is 215 g/mol. The van der Waals surface area contributed by atoms with Gasteiger partial charge >= 0.3 is 0 Å². The SMILES string of the molecule is C=C(C)CN(CC)c1nc(C)ccc1C#N. The Labute approximate surface area is 97.0 Å². The van der Waals surface area contributed by atoms with E-state index in [1.54, 1.807) is 0 Å².